The summed E-state index contributed by atoms with van der Waals surface area (Å²) in [5.74, 6) is 1.65. The molecular formula is C22H27IN4OS. The molecular weight excluding hydrogens is 495 g/mol. The number of aliphatic imine (C=N–C) groups is 1. The smallest absolute Gasteiger partial charge is 0.191 e. The molecule has 0 bridgehead atoms. The van der Waals surface area contributed by atoms with Crippen molar-refractivity contribution in [2.75, 3.05) is 13.6 Å². The maximum atomic E-state index is 6.02. The second kappa shape index (κ2) is 12.4. The maximum Gasteiger partial charge on any atom is 0.191 e. The van der Waals surface area contributed by atoms with Crippen LogP contribution in [0.25, 0.3) is 0 Å². The second-order valence-electron chi connectivity index (χ2n) is 6.35. The van der Waals surface area contributed by atoms with Crippen LogP contribution in [0.5, 0.6) is 5.75 Å². The number of nitrogens with one attached hydrogen (secondary N) is 2. The molecule has 0 radical (unpaired) electrons. The van der Waals surface area contributed by atoms with E-state index in [0.29, 0.717) is 13.2 Å². The summed E-state index contributed by atoms with van der Waals surface area (Å²) in [6, 6.07) is 18.3. The lowest BCUT2D eigenvalue weighted by molar-refractivity contribution is 0.302. The van der Waals surface area contributed by atoms with Crippen molar-refractivity contribution in [1.82, 2.24) is 15.6 Å². The highest BCUT2D eigenvalue weighted by atomic mass is 127. The van der Waals surface area contributed by atoms with Crippen LogP contribution in [0.3, 0.4) is 0 Å². The van der Waals surface area contributed by atoms with E-state index < -0.39 is 0 Å². The Balaban J connectivity index is 0.00000300. The fourth-order valence-electron chi connectivity index (χ4n) is 2.73. The predicted molar refractivity (Wildman–Crippen MR) is 131 cm³/mol. The van der Waals surface area contributed by atoms with Gasteiger partial charge >= 0.3 is 0 Å². The number of aromatic nitrogens is 1. The molecule has 5 nitrogen and oxygen atoms in total. The molecule has 2 aromatic carbocycles. The Kier molecular flexibility index (Phi) is 9.93. The van der Waals surface area contributed by atoms with Crippen molar-refractivity contribution in [3.05, 3.63) is 81.8 Å². The van der Waals surface area contributed by atoms with Crippen molar-refractivity contribution < 1.29 is 4.74 Å². The number of benzene rings is 2. The predicted octanol–water partition coefficient (Wildman–Crippen LogP) is 4.56. The molecule has 0 unspecified atom stereocenters. The van der Waals surface area contributed by atoms with Crippen molar-refractivity contribution in [3.63, 3.8) is 0 Å². The Hall–Kier alpha value is -2.13. The molecule has 0 aliphatic rings. The first-order valence-corrected chi connectivity index (χ1v) is 10.2. The van der Waals surface area contributed by atoms with Crippen LogP contribution in [-0.2, 0) is 19.6 Å². The first-order chi connectivity index (χ1) is 13.7. The van der Waals surface area contributed by atoms with Gasteiger partial charge in [0.1, 0.15) is 12.4 Å². The van der Waals surface area contributed by atoms with E-state index in [1.54, 1.807) is 18.4 Å². The normalized spacial score (nSPS) is 10.9. The minimum Gasteiger partial charge on any atom is -0.489 e. The van der Waals surface area contributed by atoms with E-state index in [1.807, 2.05) is 42.6 Å². The summed E-state index contributed by atoms with van der Waals surface area (Å²) in [7, 11) is 1.78. The Morgan fingerprint density at radius 1 is 1.07 bits per heavy atom. The molecule has 0 saturated heterocycles. The van der Waals surface area contributed by atoms with Crippen molar-refractivity contribution in [2.24, 2.45) is 4.99 Å². The number of aryl methyl sites for hydroxylation is 1. The highest BCUT2D eigenvalue weighted by molar-refractivity contribution is 14.0. The third kappa shape index (κ3) is 7.66. The molecule has 1 heterocycles. The van der Waals surface area contributed by atoms with Gasteiger partial charge in [0.25, 0.3) is 0 Å². The van der Waals surface area contributed by atoms with Gasteiger partial charge < -0.3 is 15.4 Å². The molecule has 0 aliphatic heterocycles. The standard InChI is InChI=1S/C22H26N4OS.HI/c1-17-14-25-21(28-17)12-13-24-22(23-2)26-15-19-10-6-7-11-20(19)27-16-18-8-4-3-5-9-18;/h3-11,14H,12-13,15-16H2,1-2H3,(H2,23,24,26);1H. The number of nitrogens with zero attached hydrogens (tertiary/aromatic N) is 2. The SMILES string of the molecule is CN=C(NCCc1ncc(C)s1)NCc1ccccc1OCc1ccccc1.I. The van der Waals surface area contributed by atoms with Crippen molar-refractivity contribution in [1.29, 1.82) is 0 Å². The van der Waals surface area contributed by atoms with E-state index >= 15 is 0 Å². The zero-order valence-corrected chi connectivity index (χ0v) is 19.9. The van der Waals surface area contributed by atoms with E-state index in [2.05, 4.69) is 45.7 Å². The lowest BCUT2D eigenvalue weighted by Crippen LogP contribution is -2.37. The summed E-state index contributed by atoms with van der Waals surface area (Å²) in [5.41, 5.74) is 2.25. The molecule has 0 aliphatic carbocycles. The Labute approximate surface area is 193 Å². The number of para-hydroxylation sites is 1. The molecule has 2 N–H and O–H groups in total. The number of thiazole rings is 1. The topological polar surface area (TPSA) is 58.5 Å². The number of halogens is 1. The van der Waals surface area contributed by atoms with Crippen LogP contribution < -0.4 is 15.4 Å². The number of guanidine groups is 1. The maximum absolute atomic E-state index is 6.02. The van der Waals surface area contributed by atoms with Gasteiger partial charge in [0.05, 0.1) is 5.01 Å². The van der Waals surface area contributed by atoms with Gasteiger partial charge in [0.15, 0.2) is 5.96 Å². The zero-order chi connectivity index (χ0) is 19.6. The van der Waals surface area contributed by atoms with Gasteiger partial charge in [-0.2, -0.15) is 0 Å². The van der Waals surface area contributed by atoms with Crippen LogP contribution in [0, 0.1) is 6.92 Å². The van der Waals surface area contributed by atoms with E-state index in [4.69, 9.17) is 4.74 Å². The molecule has 0 spiro atoms. The van der Waals surface area contributed by atoms with Gasteiger partial charge in [-0.1, -0.05) is 48.5 Å². The third-order valence-electron chi connectivity index (χ3n) is 4.18. The lowest BCUT2D eigenvalue weighted by atomic mass is 10.2. The average molecular weight is 522 g/mol. The third-order valence-corrected chi connectivity index (χ3v) is 5.15. The molecule has 0 fully saturated rings. The molecule has 0 atom stereocenters. The summed E-state index contributed by atoms with van der Waals surface area (Å²) in [5, 5.41) is 7.84. The number of ether oxygens (including phenoxy) is 1. The van der Waals surface area contributed by atoms with Crippen LogP contribution in [0.4, 0.5) is 0 Å². The van der Waals surface area contributed by atoms with Crippen molar-refractivity contribution in [2.45, 2.75) is 26.5 Å². The molecule has 7 heteroatoms. The Bertz CT molecular complexity index is 899. The fourth-order valence-corrected chi connectivity index (χ4v) is 3.52. The van der Waals surface area contributed by atoms with Crippen molar-refractivity contribution >= 4 is 41.3 Å². The van der Waals surface area contributed by atoms with E-state index in [0.717, 1.165) is 40.8 Å². The van der Waals surface area contributed by atoms with Crippen LogP contribution >= 0.6 is 35.3 Å². The van der Waals surface area contributed by atoms with Crippen LogP contribution in [0.1, 0.15) is 21.0 Å². The molecule has 0 saturated carbocycles. The summed E-state index contributed by atoms with van der Waals surface area (Å²) in [6.45, 7) is 4.06. The number of hydrogen-bond acceptors (Lipinski definition) is 4. The quantitative estimate of drug-likeness (QED) is 0.259. The largest absolute Gasteiger partial charge is 0.489 e. The minimum atomic E-state index is 0. The molecule has 3 aromatic rings. The van der Waals surface area contributed by atoms with Crippen LogP contribution in [0.2, 0.25) is 0 Å². The second-order valence-corrected chi connectivity index (χ2v) is 7.67. The summed E-state index contributed by atoms with van der Waals surface area (Å²) in [4.78, 5) is 9.93. The molecule has 154 valence electrons. The first-order valence-electron chi connectivity index (χ1n) is 9.35. The Morgan fingerprint density at radius 3 is 2.55 bits per heavy atom. The van der Waals surface area contributed by atoms with Gasteiger partial charge in [-0.05, 0) is 18.6 Å². The van der Waals surface area contributed by atoms with E-state index in [-0.39, 0.29) is 24.0 Å². The fraction of sp³-hybridized carbons (Fsp3) is 0.273. The highest BCUT2D eigenvalue weighted by Gasteiger charge is 2.06. The minimum absolute atomic E-state index is 0. The monoisotopic (exact) mass is 522 g/mol. The highest BCUT2D eigenvalue weighted by Crippen LogP contribution is 2.19. The average Bonchev–Trinajstić information content (AvgIpc) is 3.15. The molecule has 29 heavy (non-hydrogen) atoms. The van der Waals surface area contributed by atoms with Gasteiger partial charge in [-0.3, -0.25) is 4.99 Å². The van der Waals surface area contributed by atoms with E-state index in [9.17, 15) is 0 Å². The van der Waals surface area contributed by atoms with Gasteiger partial charge in [0.2, 0.25) is 0 Å². The Morgan fingerprint density at radius 2 is 1.83 bits per heavy atom. The molecule has 1 aromatic heterocycles. The summed E-state index contributed by atoms with van der Waals surface area (Å²) in [6.07, 6.45) is 2.80. The van der Waals surface area contributed by atoms with Crippen LogP contribution in [-0.4, -0.2) is 24.5 Å². The number of hydrogen-bond donors (Lipinski definition) is 2. The zero-order valence-electron chi connectivity index (χ0n) is 16.7. The molecule has 3 rings (SSSR count). The van der Waals surface area contributed by atoms with E-state index in [1.165, 1.54) is 4.88 Å². The number of rotatable bonds is 8. The summed E-state index contributed by atoms with van der Waals surface area (Å²) >= 11 is 1.73. The summed E-state index contributed by atoms with van der Waals surface area (Å²) < 4.78 is 6.02. The van der Waals surface area contributed by atoms with Crippen molar-refractivity contribution in [3.8, 4) is 5.75 Å². The molecule has 0 amide bonds. The van der Waals surface area contributed by atoms with Crippen LogP contribution in [0.15, 0.2) is 65.8 Å². The van der Waals surface area contributed by atoms with Gasteiger partial charge in [0, 0.05) is 43.2 Å². The van der Waals surface area contributed by atoms with Gasteiger partial charge in [-0.15, -0.1) is 35.3 Å². The van der Waals surface area contributed by atoms with Gasteiger partial charge in [-0.25, -0.2) is 4.98 Å². The first kappa shape index (κ1) is 23.2. The lowest BCUT2D eigenvalue weighted by Gasteiger charge is -2.14.